The van der Waals surface area contributed by atoms with Crippen molar-refractivity contribution in [2.45, 2.75) is 12.2 Å². The van der Waals surface area contributed by atoms with E-state index in [0.29, 0.717) is 0 Å². The molecule has 2 unspecified atom stereocenters. The van der Waals surface area contributed by atoms with E-state index in [-0.39, 0.29) is 0 Å². The predicted octanol–water partition coefficient (Wildman–Crippen LogP) is -0.385. The largest absolute Gasteiger partial charge is 0.307 e. The zero-order chi connectivity index (χ0) is 7.56. The summed E-state index contributed by atoms with van der Waals surface area (Å²) >= 11 is -1.77. The molecule has 0 aliphatic carbocycles. The van der Waals surface area contributed by atoms with Crippen LogP contribution < -0.4 is 0 Å². The lowest BCUT2D eigenvalue weighted by Crippen LogP contribution is -2.17. The van der Waals surface area contributed by atoms with Gasteiger partial charge in [0.25, 0.3) is 0 Å². The zero-order valence-corrected chi connectivity index (χ0v) is 5.76. The molecule has 1 saturated heterocycles. The Labute approximate surface area is 61.6 Å². The van der Waals surface area contributed by atoms with Crippen LogP contribution in [0.5, 0.6) is 0 Å². The van der Waals surface area contributed by atoms with E-state index in [9.17, 15) is 4.21 Å². The molecule has 3 nitrogen and oxygen atoms in total. The molecule has 1 fully saturated rings. The van der Waals surface area contributed by atoms with E-state index in [1.165, 1.54) is 0 Å². The van der Waals surface area contributed by atoms with Gasteiger partial charge in [-0.25, -0.2) is 8.37 Å². The first-order valence-electron chi connectivity index (χ1n) is 2.46. The zero-order valence-electron chi connectivity index (χ0n) is 4.94. The van der Waals surface area contributed by atoms with Gasteiger partial charge in [-0.1, -0.05) is 11.8 Å². The van der Waals surface area contributed by atoms with Crippen LogP contribution >= 0.6 is 0 Å². The van der Waals surface area contributed by atoms with Crippen LogP contribution in [0.15, 0.2) is 0 Å². The molecule has 1 aliphatic rings. The minimum absolute atomic E-state index is 0.675. The quantitative estimate of drug-likeness (QED) is 0.448. The number of hydrogen-bond acceptors (Lipinski definition) is 3. The summed E-state index contributed by atoms with van der Waals surface area (Å²) < 4.78 is 19.6. The summed E-state index contributed by atoms with van der Waals surface area (Å²) in [5.74, 6) is 4.43. The van der Waals surface area contributed by atoms with Crippen LogP contribution in [0.2, 0.25) is 0 Å². The van der Waals surface area contributed by atoms with Crippen LogP contribution in [-0.2, 0) is 19.7 Å². The summed E-state index contributed by atoms with van der Waals surface area (Å²) in [4.78, 5) is 0. The van der Waals surface area contributed by atoms with Crippen molar-refractivity contribution in [3.05, 3.63) is 0 Å². The van der Waals surface area contributed by atoms with Gasteiger partial charge in [0.1, 0.15) is 0 Å². The van der Waals surface area contributed by atoms with Gasteiger partial charge in [-0.3, -0.25) is 0 Å². The molecule has 1 heterocycles. The molecule has 10 heavy (non-hydrogen) atoms. The summed E-state index contributed by atoms with van der Waals surface area (Å²) in [6.07, 6.45) is 8.60. The smallest absolute Gasteiger partial charge is 0.248 e. The first-order valence-corrected chi connectivity index (χ1v) is 3.46. The SMILES string of the molecule is C#CC1OS(=O)OC1C#C. The van der Waals surface area contributed by atoms with Crippen molar-refractivity contribution in [1.82, 2.24) is 0 Å². The van der Waals surface area contributed by atoms with Gasteiger partial charge in [0.2, 0.25) is 0 Å². The third kappa shape index (κ3) is 1.19. The maximum Gasteiger partial charge on any atom is 0.307 e. The fourth-order valence-electron chi connectivity index (χ4n) is 0.523. The Morgan fingerprint density at radius 2 is 1.60 bits per heavy atom. The van der Waals surface area contributed by atoms with Crippen molar-refractivity contribution >= 4 is 11.4 Å². The molecule has 1 rings (SSSR count). The van der Waals surface area contributed by atoms with Gasteiger partial charge >= 0.3 is 11.4 Å². The third-order valence-electron chi connectivity index (χ3n) is 0.968. The topological polar surface area (TPSA) is 35.5 Å². The highest BCUT2D eigenvalue weighted by atomic mass is 32.2. The van der Waals surface area contributed by atoms with E-state index < -0.39 is 23.6 Å². The second-order valence-electron chi connectivity index (χ2n) is 1.57. The maximum atomic E-state index is 10.5. The average molecular weight is 156 g/mol. The van der Waals surface area contributed by atoms with E-state index in [2.05, 4.69) is 20.2 Å². The Kier molecular flexibility index (Phi) is 2.08. The van der Waals surface area contributed by atoms with Crippen molar-refractivity contribution in [3.8, 4) is 24.7 Å². The Balaban J connectivity index is 2.71. The summed E-state index contributed by atoms with van der Waals surface area (Å²) in [5.41, 5.74) is 0. The predicted molar refractivity (Wildman–Crippen MR) is 35.6 cm³/mol. The highest BCUT2D eigenvalue weighted by Crippen LogP contribution is 2.15. The normalized spacial score (nSPS) is 38.4. The molecule has 0 spiro atoms. The summed E-state index contributed by atoms with van der Waals surface area (Å²) in [6, 6.07) is 0. The monoisotopic (exact) mass is 156 g/mol. The standard InChI is InChI=1S/C6H4O3S/c1-3-5-6(4-2)9-10(7)8-5/h1-2,5-6H. The van der Waals surface area contributed by atoms with Crippen molar-refractivity contribution in [1.29, 1.82) is 0 Å². The van der Waals surface area contributed by atoms with Gasteiger partial charge < -0.3 is 0 Å². The highest BCUT2D eigenvalue weighted by Gasteiger charge is 2.31. The Morgan fingerprint density at radius 1 is 1.20 bits per heavy atom. The lowest BCUT2D eigenvalue weighted by Gasteiger charge is -1.98. The lowest BCUT2D eigenvalue weighted by molar-refractivity contribution is 0.251. The van der Waals surface area contributed by atoms with E-state index in [4.69, 9.17) is 12.8 Å². The van der Waals surface area contributed by atoms with Crippen LogP contribution in [0.3, 0.4) is 0 Å². The second-order valence-corrected chi connectivity index (χ2v) is 2.36. The number of terminal acetylenes is 2. The second kappa shape index (κ2) is 2.85. The van der Waals surface area contributed by atoms with E-state index in [1.807, 2.05) is 0 Å². The molecule has 0 amide bonds. The summed E-state index contributed by atoms with van der Waals surface area (Å²) in [5, 5.41) is 0. The van der Waals surface area contributed by atoms with Crippen molar-refractivity contribution < 1.29 is 12.6 Å². The van der Waals surface area contributed by atoms with E-state index >= 15 is 0 Å². The van der Waals surface area contributed by atoms with Gasteiger partial charge in [0.15, 0.2) is 12.2 Å². The van der Waals surface area contributed by atoms with Crippen LogP contribution in [0.4, 0.5) is 0 Å². The van der Waals surface area contributed by atoms with Crippen LogP contribution in [0.1, 0.15) is 0 Å². The molecule has 0 N–H and O–H groups in total. The average Bonchev–Trinajstić information content (AvgIpc) is 2.30. The Morgan fingerprint density at radius 3 is 1.90 bits per heavy atom. The summed E-state index contributed by atoms with van der Waals surface area (Å²) in [6.45, 7) is 0. The van der Waals surface area contributed by atoms with Crippen molar-refractivity contribution in [2.75, 3.05) is 0 Å². The van der Waals surface area contributed by atoms with Gasteiger partial charge in [-0.05, 0) is 0 Å². The van der Waals surface area contributed by atoms with Crippen LogP contribution in [0.25, 0.3) is 0 Å². The van der Waals surface area contributed by atoms with Crippen molar-refractivity contribution in [2.24, 2.45) is 0 Å². The fraction of sp³-hybridized carbons (Fsp3) is 0.333. The molecule has 0 aromatic rings. The molecule has 1 aliphatic heterocycles. The number of rotatable bonds is 0. The minimum Gasteiger partial charge on any atom is -0.248 e. The molecule has 0 saturated carbocycles. The third-order valence-corrected chi connectivity index (χ3v) is 1.70. The molecule has 0 aromatic heterocycles. The van der Waals surface area contributed by atoms with E-state index in [1.54, 1.807) is 0 Å². The Hall–Kier alpha value is -0.810. The van der Waals surface area contributed by atoms with Crippen LogP contribution in [0, 0.1) is 24.7 Å². The first-order chi connectivity index (χ1) is 4.77. The molecule has 2 atom stereocenters. The Bertz CT molecular complexity index is 210. The fourth-order valence-corrected chi connectivity index (χ4v) is 1.22. The number of hydrogen-bond donors (Lipinski definition) is 0. The molecule has 4 heteroatoms. The summed E-state index contributed by atoms with van der Waals surface area (Å²) in [7, 11) is 0. The van der Waals surface area contributed by atoms with Gasteiger partial charge in [0.05, 0.1) is 0 Å². The molecule has 0 radical (unpaired) electrons. The lowest BCUT2D eigenvalue weighted by atomic mass is 10.2. The molecule has 0 aromatic carbocycles. The molecule has 52 valence electrons. The highest BCUT2D eigenvalue weighted by molar-refractivity contribution is 7.75. The molecule has 0 bridgehead atoms. The van der Waals surface area contributed by atoms with Crippen molar-refractivity contribution in [3.63, 3.8) is 0 Å². The molecular weight excluding hydrogens is 152 g/mol. The minimum atomic E-state index is -1.77. The van der Waals surface area contributed by atoms with Crippen LogP contribution in [-0.4, -0.2) is 16.4 Å². The molecular formula is C6H4O3S. The first kappa shape index (κ1) is 7.30. The van der Waals surface area contributed by atoms with Gasteiger partial charge in [0, 0.05) is 0 Å². The van der Waals surface area contributed by atoms with E-state index in [0.717, 1.165) is 0 Å². The maximum absolute atomic E-state index is 10.5. The van der Waals surface area contributed by atoms with Gasteiger partial charge in [-0.2, -0.15) is 4.21 Å². The van der Waals surface area contributed by atoms with Gasteiger partial charge in [-0.15, -0.1) is 12.8 Å².